The molecule has 2 rings (SSSR count). The van der Waals surface area contributed by atoms with Crippen LogP contribution in [0.5, 0.6) is 0 Å². The number of nitrogens with zero attached hydrogens (tertiary/aromatic N) is 1. The molecule has 0 saturated carbocycles. The lowest BCUT2D eigenvalue weighted by atomic mass is 9.96. The number of benzene rings is 1. The molecule has 0 atom stereocenters. The van der Waals surface area contributed by atoms with Gasteiger partial charge in [0.1, 0.15) is 5.01 Å². The van der Waals surface area contributed by atoms with Crippen molar-refractivity contribution >= 4 is 17.3 Å². The second-order valence-electron chi connectivity index (χ2n) is 4.93. The molecular formula is C16H19NO2S. The van der Waals surface area contributed by atoms with Gasteiger partial charge in [-0.25, -0.2) is 4.98 Å². The van der Waals surface area contributed by atoms with E-state index in [1.54, 1.807) is 0 Å². The fraction of sp³-hybridized carbons (Fsp3) is 0.375. The molecule has 20 heavy (non-hydrogen) atoms. The van der Waals surface area contributed by atoms with Crippen molar-refractivity contribution in [2.24, 2.45) is 0 Å². The fourth-order valence-corrected chi connectivity index (χ4v) is 3.44. The van der Waals surface area contributed by atoms with Crippen LogP contribution in [-0.4, -0.2) is 16.1 Å². The van der Waals surface area contributed by atoms with Crippen LogP contribution in [0, 0.1) is 13.8 Å². The average molecular weight is 289 g/mol. The van der Waals surface area contributed by atoms with Crippen LogP contribution in [0.3, 0.4) is 0 Å². The lowest BCUT2D eigenvalue weighted by Crippen LogP contribution is -1.98. The highest BCUT2D eigenvalue weighted by molar-refractivity contribution is 7.11. The van der Waals surface area contributed by atoms with Crippen LogP contribution in [0.1, 0.15) is 39.2 Å². The Bertz CT molecular complexity index is 631. The van der Waals surface area contributed by atoms with E-state index in [0.29, 0.717) is 5.01 Å². The lowest BCUT2D eigenvalue weighted by molar-refractivity contribution is -0.136. The number of aromatic nitrogens is 1. The van der Waals surface area contributed by atoms with Gasteiger partial charge in [0.25, 0.3) is 0 Å². The second kappa shape index (κ2) is 6.18. The molecule has 2 aromatic rings. The molecule has 0 saturated heterocycles. The fourth-order valence-electron chi connectivity index (χ4n) is 2.37. The van der Waals surface area contributed by atoms with Crippen molar-refractivity contribution in [2.45, 2.75) is 40.0 Å². The van der Waals surface area contributed by atoms with E-state index < -0.39 is 5.97 Å². The number of aliphatic carboxylic acids is 1. The number of aryl methyl sites for hydroxylation is 3. The highest BCUT2D eigenvalue weighted by Gasteiger charge is 2.13. The van der Waals surface area contributed by atoms with E-state index in [1.807, 2.05) is 6.92 Å². The summed E-state index contributed by atoms with van der Waals surface area (Å²) in [5.41, 5.74) is 4.95. The van der Waals surface area contributed by atoms with E-state index in [2.05, 4.69) is 37.0 Å². The van der Waals surface area contributed by atoms with Gasteiger partial charge in [-0.3, -0.25) is 4.79 Å². The Labute approximate surface area is 123 Å². The first-order chi connectivity index (χ1) is 9.51. The zero-order chi connectivity index (χ0) is 14.7. The molecule has 106 valence electrons. The topological polar surface area (TPSA) is 50.2 Å². The molecule has 0 radical (unpaired) electrons. The molecule has 1 N–H and O–H groups in total. The molecule has 0 amide bonds. The molecule has 0 bridgehead atoms. The summed E-state index contributed by atoms with van der Waals surface area (Å²) in [6.45, 7) is 6.25. The van der Waals surface area contributed by atoms with Gasteiger partial charge in [-0.05, 0) is 37.0 Å². The van der Waals surface area contributed by atoms with E-state index in [9.17, 15) is 4.79 Å². The predicted molar refractivity (Wildman–Crippen MR) is 81.6 cm³/mol. The molecule has 0 fully saturated rings. The summed E-state index contributed by atoms with van der Waals surface area (Å²) in [6.07, 6.45) is 1.87. The van der Waals surface area contributed by atoms with Gasteiger partial charge in [0.2, 0.25) is 0 Å². The van der Waals surface area contributed by atoms with Crippen LogP contribution < -0.4 is 0 Å². The normalized spacial score (nSPS) is 10.8. The van der Waals surface area contributed by atoms with Crippen molar-refractivity contribution in [3.8, 4) is 0 Å². The van der Waals surface area contributed by atoms with E-state index in [4.69, 9.17) is 5.11 Å². The summed E-state index contributed by atoms with van der Waals surface area (Å²) in [4.78, 5) is 16.3. The van der Waals surface area contributed by atoms with Crippen LogP contribution in [0.15, 0.2) is 18.2 Å². The standard InChI is InChI=1S/C16H19NO2S/c1-4-12-7-5-6-10(2)13(12)8-14-11(3)17-15(20-14)9-16(18)19/h5-7H,4,8-9H2,1-3H3,(H,18,19). The van der Waals surface area contributed by atoms with E-state index in [0.717, 1.165) is 18.5 Å². The van der Waals surface area contributed by atoms with Crippen LogP contribution in [0.4, 0.5) is 0 Å². The van der Waals surface area contributed by atoms with Gasteiger partial charge in [-0.2, -0.15) is 0 Å². The summed E-state index contributed by atoms with van der Waals surface area (Å²) < 4.78 is 0. The van der Waals surface area contributed by atoms with Crippen molar-refractivity contribution in [3.63, 3.8) is 0 Å². The highest BCUT2D eigenvalue weighted by Crippen LogP contribution is 2.25. The maximum absolute atomic E-state index is 10.8. The second-order valence-corrected chi connectivity index (χ2v) is 6.10. The molecule has 1 aromatic carbocycles. The van der Waals surface area contributed by atoms with Crippen LogP contribution in [0.2, 0.25) is 0 Å². The van der Waals surface area contributed by atoms with Gasteiger partial charge in [-0.15, -0.1) is 11.3 Å². The number of carboxylic acid groups (broad SMARTS) is 1. The van der Waals surface area contributed by atoms with Crippen molar-refractivity contribution in [3.05, 3.63) is 50.5 Å². The summed E-state index contributed by atoms with van der Waals surface area (Å²) in [7, 11) is 0. The Morgan fingerprint density at radius 3 is 2.75 bits per heavy atom. The van der Waals surface area contributed by atoms with Crippen molar-refractivity contribution in [1.82, 2.24) is 4.98 Å². The minimum absolute atomic E-state index is 0.0138. The van der Waals surface area contributed by atoms with E-state index in [-0.39, 0.29) is 6.42 Å². The zero-order valence-corrected chi connectivity index (χ0v) is 12.9. The van der Waals surface area contributed by atoms with Crippen molar-refractivity contribution < 1.29 is 9.90 Å². The van der Waals surface area contributed by atoms with Gasteiger partial charge >= 0.3 is 5.97 Å². The Balaban J connectivity index is 2.30. The minimum atomic E-state index is -0.824. The summed E-state index contributed by atoms with van der Waals surface area (Å²) >= 11 is 1.52. The number of carbonyl (C=O) groups is 1. The van der Waals surface area contributed by atoms with Crippen molar-refractivity contribution in [2.75, 3.05) is 0 Å². The number of hydrogen-bond donors (Lipinski definition) is 1. The highest BCUT2D eigenvalue weighted by atomic mass is 32.1. The monoisotopic (exact) mass is 289 g/mol. The van der Waals surface area contributed by atoms with Crippen LogP contribution >= 0.6 is 11.3 Å². The molecular weight excluding hydrogens is 270 g/mol. The van der Waals surface area contributed by atoms with Gasteiger partial charge in [0.05, 0.1) is 12.1 Å². The zero-order valence-electron chi connectivity index (χ0n) is 12.1. The van der Waals surface area contributed by atoms with E-state index >= 15 is 0 Å². The smallest absolute Gasteiger partial charge is 0.310 e. The summed E-state index contributed by atoms with van der Waals surface area (Å²) in [5, 5.41) is 9.54. The first-order valence-electron chi connectivity index (χ1n) is 6.75. The molecule has 0 unspecified atom stereocenters. The van der Waals surface area contributed by atoms with Gasteiger partial charge in [-0.1, -0.05) is 25.1 Å². The molecule has 1 aromatic heterocycles. The molecule has 4 heteroatoms. The molecule has 0 aliphatic carbocycles. The summed E-state index contributed by atoms with van der Waals surface area (Å²) in [5.74, 6) is -0.824. The van der Waals surface area contributed by atoms with Gasteiger partial charge in [0, 0.05) is 11.3 Å². The molecule has 3 nitrogen and oxygen atoms in total. The number of thiazole rings is 1. The maximum Gasteiger partial charge on any atom is 0.310 e. The third kappa shape index (κ3) is 3.25. The number of rotatable bonds is 5. The molecule has 0 aliphatic rings. The predicted octanol–water partition coefficient (Wildman–Crippen LogP) is 3.54. The Morgan fingerprint density at radius 1 is 1.35 bits per heavy atom. The Morgan fingerprint density at radius 2 is 2.10 bits per heavy atom. The number of carboxylic acids is 1. The van der Waals surface area contributed by atoms with Crippen molar-refractivity contribution in [1.29, 1.82) is 0 Å². The number of hydrogen-bond acceptors (Lipinski definition) is 3. The quantitative estimate of drug-likeness (QED) is 0.916. The Kier molecular flexibility index (Phi) is 4.55. The molecule has 0 aliphatic heterocycles. The molecule has 0 spiro atoms. The SMILES string of the molecule is CCc1cccc(C)c1Cc1sc(CC(=O)O)nc1C. The van der Waals surface area contributed by atoms with Crippen LogP contribution in [-0.2, 0) is 24.1 Å². The van der Waals surface area contributed by atoms with Gasteiger partial charge < -0.3 is 5.11 Å². The maximum atomic E-state index is 10.8. The first kappa shape index (κ1) is 14.7. The molecule has 1 heterocycles. The first-order valence-corrected chi connectivity index (χ1v) is 7.57. The Hall–Kier alpha value is -1.68. The largest absolute Gasteiger partial charge is 0.481 e. The summed E-state index contributed by atoms with van der Waals surface area (Å²) in [6, 6.07) is 6.38. The third-order valence-electron chi connectivity index (χ3n) is 3.46. The third-order valence-corrected chi connectivity index (χ3v) is 4.62. The van der Waals surface area contributed by atoms with Crippen LogP contribution in [0.25, 0.3) is 0 Å². The average Bonchev–Trinajstić information content (AvgIpc) is 2.71. The lowest BCUT2D eigenvalue weighted by Gasteiger charge is -2.10. The van der Waals surface area contributed by atoms with E-state index in [1.165, 1.54) is 32.9 Å². The van der Waals surface area contributed by atoms with Gasteiger partial charge in [0.15, 0.2) is 0 Å². The minimum Gasteiger partial charge on any atom is -0.481 e.